The molecule has 7 nitrogen and oxygen atoms in total. The molecule has 0 saturated carbocycles. The predicted molar refractivity (Wildman–Crippen MR) is 149 cm³/mol. The first-order valence-electron chi connectivity index (χ1n) is 12.5. The zero-order valence-electron chi connectivity index (χ0n) is 21.2. The van der Waals surface area contributed by atoms with Crippen molar-refractivity contribution in [1.29, 1.82) is 5.26 Å². The third-order valence-electron chi connectivity index (χ3n) is 7.34. The van der Waals surface area contributed by atoms with Crippen molar-refractivity contribution in [3.05, 3.63) is 96.6 Å². The van der Waals surface area contributed by atoms with E-state index in [1.165, 1.54) is 0 Å². The van der Waals surface area contributed by atoms with Crippen LogP contribution >= 0.6 is 0 Å². The third kappa shape index (κ3) is 3.20. The minimum Gasteiger partial charge on any atom is -0.276 e. The molecule has 0 N–H and O–H groups in total. The molecule has 7 rings (SSSR count). The van der Waals surface area contributed by atoms with E-state index in [4.69, 9.17) is 4.98 Å². The molecule has 3 aromatic carbocycles. The molecule has 0 bridgehead atoms. The second-order valence-corrected chi connectivity index (χ2v) is 10.1. The summed E-state index contributed by atoms with van der Waals surface area (Å²) >= 11 is 0. The highest BCUT2D eigenvalue weighted by Crippen LogP contribution is 2.34. The molecule has 0 unspecified atom stereocenters. The van der Waals surface area contributed by atoms with Crippen LogP contribution in [0.5, 0.6) is 0 Å². The molecule has 0 radical (unpaired) electrons. The van der Waals surface area contributed by atoms with Crippen molar-refractivity contribution in [1.82, 2.24) is 29.1 Å². The average molecular weight is 494 g/mol. The van der Waals surface area contributed by atoms with Gasteiger partial charge in [-0.25, -0.2) is 0 Å². The molecule has 0 aliphatic carbocycles. The maximum absolute atomic E-state index is 9.59. The first-order valence-corrected chi connectivity index (χ1v) is 12.5. The Labute approximate surface area is 218 Å². The summed E-state index contributed by atoms with van der Waals surface area (Å²) in [4.78, 5) is 9.46. The molecule has 0 atom stereocenters. The first-order chi connectivity index (χ1) is 18.4. The Hall–Kier alpha value is -5.09. The smallest absolute Gasteiger partial charge is 0.241 e. The van der Waals surface area contributed by atoms with Crippen LogP contribution in [-0.2, 0) is 5.41 Å². The number of rotatable bonds is 3. The van der Waals surface area contributed by atoms with Crippen LogP contribution in [0.25, 0.3) is 55.4 Å². The van der Waals surface area contributed by atoms with Crippen molar-refractivity contribution in [2.24, 2.45) is 0 Å². The number of imidazole rings is 1. The van der Waals surface area contributed by atoms with E-state index in [1.807, 2.05) is 80.0 Å². The van der Waals surface area contributed by atoms with Gasteiger partial charge in [0, 0.05) is 28.2 Å². The highest BCUT2D eigenvalue weighted by Gasteiger charge is 2.22. The maximum Gasteiger partial charge on any atom is 0.241 e. The quantitative estimate of drug-likeness (QED) is 0.279. The van der Waals surface area contributed by atoms with Gasteiger partial charge in [-0.15, -0.1) is 10.2 Å². The molecule has 0 fully saturated rings. The molecular formula is C31H23N7. The molecule has 38 heavy (non-hydrogen) atoms. The summed E-state index contributed by atoms with van der Waals surface area (Å²) < 4.78 is 4.17. The summed E-state index contributed by atoms with van der Waals surface area (Å²) in [5.41, 5.74) is 7.26. The second kappa shape index (κ2) is 7.95. The topological polar surface area (TPSA) is 84.7 Å². The average Bonchev–Trinajstić information content (AvgIpc) is 3.50. The number of nitriles is 1. The van der Waals surface area contributed by atoms with Crippen LogP contribution in [0, 0.1) is 18.3 Å². The lowest BCUT2D eigenvalue weighted by Gasteiger charge is -2.16. The Morgan fingerprint density at radius 1 is 0.816 bits per heavy atom. The molecular weight excluding hydrogens is 470 g/mol. The zero-order valence-corrected chi connectivity index (χ0v) is 21.2. The number of benzene rings is 3. The highest BCUT2D eigenvalue weighted by atomic mass is 15.3. The Morgan fingerprint density at radius 3 is 2.42 bits per heavy atom. The SMILES string of the molecule is Cc1nnc2n(-c3ccc(C(C)(C)C#N)cc3)c3c4cc(-c5cnc6ccccc6c5)ccc4ncc3n12. The van der Waals surface area contributed by atoms with Crippen molar-refractivity contribution in [2.45, 2.75) is 26.2 Å². The fourth-order valence-corrected chi connectivity index (χ4v) is 5.19. The standard InChI is InChI=1S/C31H23N7/c1-19-35-36-30-37(19)28-17-34-27-13-8-20(22-14-21-6-4-5-7-26(21)33-16-22)15-25(27)29(28)38(30)24-11-9-23(10-12-24)31(2,3)18-32/h4-17H,1-3H3. The molecule has 7 aromatic rings. The summed E-state index contributed by atoms with van der Waals surface area (Å²) in [7, 11) is 0. The number of aryl methyl sites for hydroxylation is 1. The first kappa shape index (κ1) is 22.1. The van der Waals surface area contributed by atoms with Crippen molar-refractivity contribution < 1.29 is 0 Å². The summed E-state index contributed by atoms with van der Waals surface area (Å²) in [6, 6.07) is 27.1. The molecule has 4 heterocycles. The van der Waals surface area contributed by atoms with Crippen molar-refractivity contribution in [3.63, 3.8) is 0 Å². The van der Waals surface area contributed by atoms with Gasteiger partial charge in [-0.3, -0.25) is 18.9 Å². The van der Waals surface area contributed by atoms with E-state index in [0.717, 1.165) is 66.8 Å². The summed E-state index contributed by atoms with van der Waals surface area (Å²) in [6.45, 7) is 5.80. The lowest BCUT2D eigenvalue weighted by Crippen LogP contribution is -2.13. The van der Waals surface area contributed by atoms with E-state index in [2.05, 4.69) is 56.1 Å². The number of hydrogen-bond acceptors (Lipinski definition) is 5. The van der Waals surface area contributed by atoms with Crippen LogP contribution in [-0.4, -0.2) is 29.1 Å². The number of hydrogen-bond donors (Lipinski definition) is 0. The summed E-state index contributed by atoms with van der Waals surface area (Å²) in [6.07, 6.45) is 3.81. The van der Waals surface area contributed by atoms with Crippen LogP contribution in [0.4, 0.5) is 0 Å². The Bertz CT molecular complexity index is 2070. The monoisotopic (exact) mass is 493 g/mol. The van der Waals surface area contributed by atoms with Crippen LogP contribution in [0.3, 0.4) is 0 Å². The van der Waals surface area contributed by atoms with E-state index in [-0.39, 0.29) is 0 Å². The van der Waals surface area contributed by atoms with Crippen LogP contribution in [0.2, 0.25) is 0 Å². The van der Waals surface area contributed by atoms with E-state index < -0.39 is 5.41 Å². The van der Waals surface area contributed by atoms with Gasteiger partial charge in [-0.05, 0) is 68.3 Å². The van der Waals surface area contributed by atoms with Crippen molar-refractivity contribution >= 4 is 38.6 Å². The lowest BCUT2D eigenvalue weighted by atomic mass is 9.86. The van der Waals surface area contributed by atoms with Gasteiger partial charge in [0.05, 0.1) is 39.7 Å². The number of nitrogens with zero attached hydrogens (tertiary/aromatic N) is 7. The fraction of sp³-hybridized carbons (Fsp3) is 0.129. The van der Waals surface area contributed by atoms with E-state index in [9.17, 15) is 5.26 Å². The third-order valence-corrected chi connectivity index (χ3v) is 7.34. The normalized spacial score (nSPS) is 12.1. The Kier molecular flexibility index (Phi) is 4.63. The largest absolute Gasteiger partial charge is 0.276 e. The number of aromatic nitrogens is 6. The predicted octanol–water partition coefficient (Wildman–Crippen LogP) is 6.55. The van der Waals surface area contributed by atoms with Gasteiger partial charge in [0.2, 0.25) is 5.78 Å². The van der Waals surface area contributed by atoms with Crippen molar-refractivity contribution in [3.8, 4) is 22.9 Å². The minimum absolute atomic E-state index is 0.572. The molecule has 0 aliphatic heterocycles. The van der Waals surface area contributed by atoms with Crippen LogP contribution in [0.1, 0.15) is 25.2 Å². The van der Waals surface area contributed by atoms with Gasteiger partial charge in [-0.2, -0.15) is 5.26 Å². The summed E-state index contributed by atoms with van der Waals surface area (Å²) in [5.74, 6) is 1.51. The molecule has 0 spiro atoms. The summed E-state index contributed by atoms with van der Waals surface area (Å²) in [5, 5.41) is 20.6. The van der Waals surface area contributed by atoms with Gasteiger partial charge < -0.3 is 0 Å². The Balaban J connectivity index is 1.51. The van der Waals surface area contributed by atoms with E-state index in [0.29, 0.717) is 0 Å². The molecule has 0 amide bonds. The second-order valence-electron chi connectivity index (χ2n) is 10.1. The molecule has 7 heteroatoms. The number of para-hydroxylation sites is 1. The number of fused-ring (bicyclic) bond motifs is 6. The Morgan fingerprint density at radius 2 is 1.61 bits per heavy atom. The van der Waals surface area contributed by atoms with E-state index in [1.54, 1.807) is 0 Å². The zero-order chi connectivity index (χ0) is 26.0. The van der Waals surface area contributed by atoms with Crippen molar-refractivity contribution in [2.75, 3.05) is 0 Å². The molecule has 182 valence electrons. The van der Waals surface area contributed by atoms with E-state index >= 15 is 0 Å². The lowest BCUT2D eigenvalue weighted by molar-refractivity contribution is 0.687. The number of pyridine rings is 2. The maximum atomic E-state index is 9.59. The highest BCUT2D eigenvalue weighted by molar-refractivity contribution is 6.06. The minimum atomic E-state index is -0.572. The molecule has 0 aliphatic rings. The van der Waals surface area contributed by atoms with Gasteiger partial charge in [-0.1, -0.05) is 36.4 Å². The van der Waals surface area contributed by atoms with Gasteiger partial charge in [0.15, 0.2) is 0 Å². The molecule has 0 saturated heterocycles. The van der Waals surface area contributed by atoms with Crippen LogP contribution < -0.4 is 0 Å². The van der Waals surface area contributed by atoms with Gasteiger partial charge >= 0.3 is 0 Å². The molecule has 4 aromatic heterocycles. The van der Waals surface area contributed by atoms with Gasteiger partial charge in [0.1, 0.15) is 5.82 Å². The van der Waals surface area contributed by atoms with Crippen LogP contribution in [0.15, 0.2) is 85.2 Å². The fourth-order valence-electron chi connectivity index (χ4n) is 5.19. The van der Waals surface area contributed by atoms with Gasteiger partial charge in [0.25, 0.3) is 0 Å².